The fourth-order valence-corrected chi connectivity index (χ4v) is 6.09. The van der Waals surface area contributed by atoms with Crippen LogP contribution in [0.3, 0.4) is 0 Å². The van der Waals surface area contributed by atoms with Gasteiger partial charge in [-0.2, -0.15) is 4.31 Å². The molecule has 0 atom stereocenters. The summed E-state index contributed by atoms with van der Waals surface area (Å²) < 4.78 is 32.3. The number of benzene rings is 1. The van der Waals surface area contributed by atoms with E-state index in [4.69, 9.17) is 27.9 Å². The van der Waals surface area contributed by atoms with Crippen molar-refractivity contribution in [1.82, 2.24) is 9.21 Å². The van der Waals surface area contributed by atoms with E-state index in [1.54, 1.807) is 36.2 Å². The standard InChI is InChI=1S/C18H20Cl2N2O4S2/c1-21(12-13-3-2-4-15(19)18(13)20)16(23)11-14-5-6-17(27-14)28(24,25)22-7-9-26-10-8-22/h2-6H,7-12H2,1H3. The van der Waals surface area contributed by atoms with Crippen LogP contribution in [0.25, 0.3) is 0 Å². The summed E-state index contributed by atoms with van der Waals surface area (Å²) in [6, 6.07) is 8.54. The molecule has 3 rings (SSSR count). The highest BCUT2D eigenvalue weighted by Crippen LogP contribution is 2.28. The van der Waals surface area contributed by atoms with Gasteiger partial charge in [-0.3, -0.25) is 4.79 Å². The first-order chi connectivity index (χ1) is 13.3. The fraction of sp³-hybridized carbons (Fsp3) is 0.389. The lowest BCUT2D eigenvalue weighted by molar-refractivity contribution is -0.129. The van der Waals surface area contributed by atoms with Gasteiger partial charge in [-0.25, -0.2) is 8.42 Å². The van der Waals surface area contributed by atoms with E-state index >= 15 is 0 Å². The van der Waals surface area contributed by atoms with Crippen molar-refractivity contribution in [3.8, 4) is 0 Å². The van der Waals surface area contributed by atoms with Crippen molar-refractivity contribution in [2.24, 2.45) is 0 Å². The number of carbonyl (C=O) groups excluding carboxylic acids is 1. The minimum absolute atomic E-state index is 0.123. The van der Waals surface area contributed by atoms with Crippen LogP contribution in [-0.4, -0.2) is 56.9 Å². The van der Waals surface area contributed by atoms with Gasteiger partial charge in [0.1, 0.15) is 4.21 Å². The zero-order chi connectivity index (χ0) is 20.3. The van der Waals surface area contributed by atoms with E-state index in [9.17, 15) is 13.2 Å². The average molecular weight is 463 g/mol. The minimum atomic E-state index is -3.54. The monoisotopic (exact) mass is 462 g/mol. The molecule has 10 heteroatoms. The minimum Gasteiger partial charge on any atom is -0.379 e. The van der Waals surface area contributed by atoms with Gasteiger partial charge in [-0.05, 0) is 23.8 Å². The third-order valence-electron chi connectivity index (χ3n) is 4.39. The maximum absolute atomic E-state index is 12.7. The Morgan fingerprint density at radius 3 is 2.64 bits per heavy atom. The highest BCUT2D eigenvalue weighted by atomic mass is 35.5. The molecule has 0 bridgehead atoms. The number of hydrogen-bond acceptors (Lipinski definition) is 5. The van der Waals surface area contributed by atoms with Crippen molar-refractivity contribution in [3.63, 3.8) is 0 Å². The van der Waals surface area contributed by atoms with Crippen LogP contribution in [0.2, 0.25) is 10.0 Å². The second-order valence-electron chi connectivity index (χ2n) is 6.38. The zero-order valence-electron chi connectivity index (χ0n) is 15.2. The Morgan fingerprint density at radius 1 is 1.21 bits per heavy atom. The van der Waals surface area contributed by atoms with Crippen molar-refractivity contribution in [3.05, 3.63) is 50.8 Å². The van der Waals surface area contributed by atoms with Gasteiger partial charge in [0.15, 0.2) is 0 Å². The average Bonchev–Trinajstić information content (AvgIpc) is 3.15. The number of nitrogens with zero attached hydrogens (tertiary/aromatic N) is 2. The molecule has 0 spiro atoms. The number of morpholine rings is 1. The molecule has 0 radical (unpaired) electrons. The number of likely N-dealkylation sites (N-methyl/N-ethyl adjacent to an activating group) is 1. The highest BCUT2D eigenvalue weighted by molar-refractivity contribution is 7.91. The molecule has 28 heavy (non-hydrogen) atoms. The van der Waals surface area contributed by atoms with E-state index in [2.05, 4.69) is 0 Å². The SMILES string of the molecule is CN(Cc1cccc(Cl)c1Cl)C(=O)Cc1ccc(S(=O)(=O)N2CCOCC2)s1. The van der Waals surface area contributed by atoms with Gasteiger partial charge in [0.2, 0.25) is 5.91 Å². The lowest BCUT2D eigenvalue weighted by Gasteiger charge is -2.25. The molecular formula is C18H20Cl2N2O4S2. The number of carbonyl (C=O) groups is 1. The summed E-state index contributed by atoms with van der Waals surface area (Å²) in [4.78, 5) is 14.8. The molecule has 1 fully saturated rings. The molecule has 1 amide bonds. The molecule has 1 aliphatic heterocycles. The summed E-state index contributed by atoms with van der Waals surface area (Å²) in [6.07, 6.45) is 0.123. The third-order valence-corrected chi connectivity index (χ3v) is 8.70. The van der Waals surface area contributed by atoms with Crippen molar-refractivity contribution >= 4 is 50.5 Å². The maximum atomic E-state index is 12.7. The summed E-state index contributed by atoms with van der Waals surface area (Å²) in [5.74, 6) is -0.131. The topological polar surface area (TPSA) is 66.9 Å². The number of sulfonamides is 1. The number of ether oxygens (including phenoxy) is 1. The molecular weight excluding hydrogens is 443 g/mol. The Labute approximate surface area is 178 Å². The van der Waals surface area contributed by atoms with Crippen LogP contribution in [0.1, 0.15) is 10.4 Å². The van der Waals surface area contributed by atoms with E-state index in [0.717, 1.165) is 16.9 Å². The molecule has 6 nitrogen and oxygen atoms in total. The van der Waals surface area contributed by atoms with E-state index in [0.29, 0.717) is 47.8 Å². The van der Waals surface area contributed by atoms with Crippen LogP contribution >= 0.6 is 34.5 Å². The molecule has 1 saturated heterocycles. The van der Waals surface area contributed by atoms with Crippen LogP contribution in [-0.2, 0) is 32.5 Å². The number of hydrogen-bond donors (Lipinski definition) is 0. The van der Waals surface area contributed by atoms with Gasteiger partial charge in [-0.15, -0.1) is 11.3 Å². The second kappa shape index (κ2) is 9.11. The van der Waals surface area contributed by atoms with Crippen LogP contribution in [0, 0.1) is 0 Å². The smallest absolute Gasteiger partial charge is 0.252 e. The Hall–Kier alpha value is -1.16. The predicted molar refractivity (Wildman–Crippen MR) is 111 cm³/mol. The summed E-state index contributed by atoms with van der Waals surface area (Å²) in [7, 11) is -1.86. The molecule has 2 heterocycles. The Morgan fingerprint density at radius 2 is 1.93 bits per heavy atom. The molecule has 0 aliphatic carbocycles. The first kappa shape index (κ1) is 21.5. The maximum Gasteiger partial charge on any atom is 0.252 e. The number of halogens is 2. The van der Waals surface area contributed by atoms with Crippen molar-refractivity contribution in [2.75, 3.05) is 33.4 Å². The summed E-state index contributed by atoms with van der Waals surface area (Å²) in [5.41, 5.74) is 0.756. The van der Waals surface area contributed by atoms with E-state index < -0.39 is 10.0 Å². The molecule has 0 saturated carbocycles. The number of amides is 1. The Kier molecular flexibility index (Phi) is 7.01. The lowest BCUT2D eigenvalue weighted by Crippen LogP contribution is -2.40. The largest absolute Gasteiger partial charge is 0.379 e. The molecule has 1 aliphatic rings. The first-order valence-electron chi connectivity index (χ1n) is 8.62. The fourth-order valence-electron chi connectivity index (χ4n) is 2.80. The van der Waals surface area contributed by atoms with Gasteiger partial charge < -0.3 is 9.64 Å². The predicted octanol–water partition coefficient (Wildman–Crippen LogP) is 3.28. The quantitative estimate of drug-likeness (QED) is 0.660. The van der Waals surface area contributed by atoms with Crippen molar-refractivity contribution < 1.29 is 17.9 Å². The van der Waals surface area contributed by atoms with Gasteiger partial charge in [0.25, 0.3) is 10.0 Å². The molecule has 0 unspecified atom stereocenters. The zero-order valence-corrected chi connectivity index (χ0v) is 18.4. The van der Waals surface area contributed by atoms with Gasteiger partial charge in [-0.1, -0.05) is 35.3 Å². The van der Waals surface area contributed by atoms with Crippen LogP contribution < -0.4 is 0 Å². The van der Waals surface area contributed by atoms with Gasteiger partial charge in [0, 0.05) is 31.6 Å². The first-order valence-corrected chi connectivity index (χ1v) is 11.6. The Balaban J connectivity index is 1.65. The van der Waals surface area contributed by atoms with Crippen LogP contribution in [0.4, 0.5) is 0 Å². The number of rotatable bonds is 6. The molecule has 1 aromatic heterocycles. The second-order valence-corrected chi connectivity index (χ2v) is 10.5. The lowest BCUT2D eigenvalue weighted by atomic mass is 10.2. The molecule has 1 aromatic carbocycles. The molecule has 152 valence electrons. The summed E-state index contributed by atoms with van der Waals surface area (Å²) in [5, 5.41) is 0.870. The van der Waals surface area contributed by atoms with E-state index in [-0.39, 0.29) is 16.5 Å². The summed E-state index contributed by atoms with van der Waals surface area (Å²) >= 11 is 13.3. The van der Waals surface area contributed by atoms with Gasteiger partial charge in [0.05, 0.1) is 29.7 Å². The van der Waals surface area contributed by atoms with Crippen LogP contribution in [0.5, 0.6) is 0 Å². The van der Waals surface area contributed by atoms with Crippen LogP contribution in [0.15, 0.2) is 34.5 Å². The molecule has 2 aromatic rings. The van der Waals surface area contributed by atoms with E-state index in [1.807, 2.05) is 6.07 Å². The van der Waals surface area contributed by atoms with Crippen molar-refractivity contribution in [2.45, 2.75) is 17.2 Å². The molecule has 0 N–H and O–H groups in total. The van der Waals surface area contributed by atoms with Crippen molar-refractivity contribution in [1.29, 1.82) is 0 Å². The third kappa shape index (κ3) is 4.87. The summed E-state index contributed by atoms with van der Waals surface area (Å²) in [6.45, 7) is 1.80. The Bertz CT molecular complexity index is 956. The highest BCUT2D eigenvalue weighted by Gasteiger charge is 2.28. The number of thiophene rings is 1. The van der Waals surface area contributed by atoms with E-state index in [1.165, 1.54) is 4.31 Å². The normalized spacial score (nSPS) is 15.5. The van der Waals surface area contributed by atoms with Gasteiger partial charge >= 0.3 is 0 Å².